The number of hydrogen-bond donors (Lipinski definition) is 0. The monoisotopic (exact) mass is 170 g/mol. The second kappa shape index (κ2) is 3.78. The summed E-state index contributed by atoms with van der Waals surface area (Å²) in [7, 11) is 1.85. The number of rotatable bonds is 3. The van der Waals surface area contributed by atoms with Gasteiger partial charge in [-0.25, -0.2) is 0 Å². The van der Waals surface area contributed by atoms with Crippen molar-refractivity contribution in [2.45, 2.75) is 52.1 Å². The van der Waals surface area contributed by atoms with Crippen molar-refractivity contribution in [3.63, 3.8) is 0 Å². The number of ether oxygens (including phenoxy) is 1. The Balaban J connectivity index is 2.55. The van der Waals surface area contributed by atoms with E-state index in [0.29, 0.717) is 0 Å². The van der Waals surface area contributed by atoms with Crippen LogP contribution in [0.15, 0.2) is 0 Å². The van der Waals surface area contributed by atoms with Crippen molar-refractivity contribution in [1.82, 2.24) is 0 Å². The van der Waals surface area contributed by atoms with Gasteiger partial charge in [-0.05, 0) is 38.0 Å². The van der Waals surface area contributed by atoms with Gasteiger partial charge in [0.15, 0.2) is 0 Å². The molecule has 0 radical (unpaired) electrons. The third-order valence-corrected chi connectivity index (χ3v) is 3.73. The predicted molar refractivity (Wildman–Crippen MR) is 52.2 cm³/mol. The molecule has 1 heteroatoms. The van der Waals surface area contributed by atoms with E-state index in [9.17, 15) is 0 Å². The smallest absolute Gasteiger partial charge is 0.0676 e. The van der Waals surface area contributed by atoms with Crippen molar-refractivity contribution in [2.75, 3.05) is 7.11 Å². The molecule has 0 heterocycles. The molecule has 12 heavy (non-hydrogen) atoms. The molecule has 0 saturated heterocycles. The first kappa shape index (κ1) is 10.0. The van der Waals surface area contributed by atoms with E-state index in [0.717, 1.165) is 18.3 Å². The van der Waals surface area contributed by atoms with Crippen molar-refractivity contribution in [3.05, 3.63) is 0 Å². The molecule has 72 valence electrons. The highest BCUT2D eigenvalue weighted by Crippen LogP contribution is 2.40. The zero-order valence-electron chi connectivity index (χ0n) is 8.89. The quantitative estimate of drug-likeness (QED) is 0.632. The summed E-state index contributed by atoms with van der Waals surface area (Å²) in [4.78, 5) is 0. The molecule has 1 saturated carbocycles. The van der Waals surface area contributed by atoms with E-state index < -0.39 is 0 Å². The second-order valence-electron chi connectivity index (χ2n) is 4.49. The average molecular weight is 170 g/mol. The first-order valence-electron chi connectivity index (χ1n) is 5.17. The lowest BCUT2D eigenvalue weighted by atomic mass is 9.85. The lowest BCUT2D eigenvalue weighted by Gasteiger charge is -2.33. The van der Waals surface area contributed by atoms with Gasteiger partial charge >= 0.3 is 0 Å². The van der Waals surface area contributed by atoms with Crippen LogP contribution in [0.1, 0.15) is 46.5 Å². The fraction of sp³-hybridized carbons (Fsp3) is 1.00. The predicted octanol–water partition coefficient (Wildman–Crippen LogP) is 3.24. The van der Waals surface area contributed by atoms with Gasteiger partial charge in [0, 0.05) is 7.11 Å². The summed E-state index contributed by atoms with van der Waals surface area (Å²) in [6.45, 7) is 6.84. The molecular formula is C11H22O. The Hall–Kier alpha value is -0.0400. The lowest BCUT2D eigenvalue weighted by Crippen LogP contribution is -2.34. The van der Waals surface area contributed by atoms with E-state index in [1.165, 1.54) is 19.3 Å². The summed E-state index contributed by atoms with van der Waals surface area (Å²) in [6.07, 6.45) is 5.25. The maximum atomic E-state index is 5.62. The Morgan fingerprint density at radius 2 is 2.08 bits per heavy atom. The van der Waals surface area contributed by atoms with Crippen LogP contribution in [0.5, 0.6) is 0 Å². The zero-order valence-corrected chi connectivity index (χ0v) is 8.89. The third kappa shape index (κ3) is 1.82. The molecule has 1 rings (SSSR count). The standard InChI is InChI=1S/C11H22O/c1-5-11(3,12-4)10-7-6-9(2)8-10/h9-10H,5-8H2,1-4H3. The Labute approximate surface area is 76.5 Å². The average Bonchev–Trinajstić information content (AvgIpc) is 2.51. The molecule has 0 N–H and O–H groups in total. The summed E-state index contributed by atoms with van der Waals surface area (Å²) >= 11 is 0. The zero-order chi connectivity index (χ0) is 9.19. The molecule has 1 nitrogen and oxygen atoms in total. The van der Waals surface area contributed by atoms with Gasteiger partial charge in [-0.15, -0.1) is 0 Å². The minimum Gasteiger partial charge on any atom is -0.378 e. The van der Waals surface area contributed by atoms with E-state index in [2.05, 4.69) is 20.8 Å². The van der Waals surface area contributed by atoms with Crippen LogP contribution in [0.25, 0.3) is 0 Å². The maximum Gasteiger partial charge on any atom is 0.0676 e. The summed E-state index contributed by atoms with van der Waals surface area (Å²) in [5.74, 6) is 1.71. The molecule has 0 amide bonds. The summed E-state index contributed by atoms with van der Waals surface area (Å²) in [6, 6.07) is 0. The number of hydrogen-bond acceptors (Lipinski definition) is 1. The molecule has 0 aromatic rings. The van der Waals surface area contributed by atoms with Crippen molar-refractivity contribution < 1.29 is 4.74 Å². The largest absolute Gasteiger partial charge is 0.378 e. The first-order valence-corrected chi connectivity index (χ1v) is 5.17. The topological polar surface area (TPSA) is 9.23 Å². The van der Waals surface area contributed by atoms with Gasteiger partial charge in [-0.3, -0.25) is 0 Å². The van der Waals surface area contributed by atoms with E-state index in [1.807, 2.05) is 7.11 Å². The minimum atomic E-state index is 0.144. The van der Waals surface area contributed by atoms with Gasteiger partial charge in [0.2, 0.25) is 0 Å². The van der Waals surface area contributed by atoms with Crippen molar-refractivity contribution >= 4 is 0 Å². The third-order valence-electron chi connectivity index (χ3n) is 3.73. The van der Waals surface area contributed by atoms with Crippen LogP contribution in [-0.2, 0) is 4.74 Å². The van der Waals surface area contributed by atoms with Gasteiger partial charge in [-0.1, -0.05) is 20.3 Å². The van der Waals surface area contributed by atoms with Crippen molar-refractivity contribution in [3.8, 4) is 0 Å². The highest BCUT2D eigenvalue weighted by atomic mass is 16.5. The molecule has 0 bridgehead atoms. The first-order chi connectivity index (χ1) is 5.62. The van der Waals surface area contributed by atoms with Gasteiger partial charge in [0.25, 0.3) is 0 Å². The molecule has 1 fully saturated rings. The van der Waals surface area contributed by atoms with E-state index >= 15 is 0 Å². The molecule has 1 aliphatic rings. The van der Waals surface area contributed by atoms with E-state index in [4.69, 9.17) is 4.74 Å². The molecule has 1 aliphatic carbocycles. The number of methoxy groups -OCH3 is 1. The molecule has 0 aliphatic heterocycles. The minimum absolute atomic E-state index is 0.144. The second-order valence-corrected chi connectivity index (χ2v) is 4.49. The highest BCUT2D eigenvalue weighted by Gasteiger charge is 2.36. The van der Waals surface area contributed by atoms with Gasteiger partial charge in [0.1, 0.15) is 0 Å². The lowest BCUT2D eigenvalue weighted by molar-refractivity contribution is -0.0453. The van der Waals surface area contributed by atoms with Crippen LogP contribution in [0.2, 0.25) is 0 Å². The van der Waals surface area contributed by atoms with Crippen LogP contribution in [0, 0.1) is 11.8 Å². The molecular weight excluding hydrogens is 148 g/mol. The van der Waals surface area contributed by atoms with Crippen LogP contribution >= 0.6 is 0 Å². The Morgan fingerprint density at radius 1 is 1.42 bits per heavy atom. The Morgan fingerprint density at radius 3 is 2.42 bits per heavy atom. The molecule has 3 unspecified atom stereocenters. The normalized spacial score (nSPS) is 35.0. The Kier molecular flexibility index (Phi) is 3.16. The summed E-state index contributed by atoms with van der Waals surface area (Å²) in [5.41, 5.74) is 0.144. The van der Waals surface area contributed by atoms with E-state index in [1.54, 1.807) is 0 Å². The fourth-order valence-corrected chi connectivity index (χ4v) is 2.36. The summed E-state index contributed by atoms with van der Waals surface area (Å²) in [5, 5.41) is 0. The van der Waals surface area contributed by atoms with Crippen molar-refractivity contribution in [2.24, 2.45) is 11.8 Å². The van der Waals surface area contributed by atoms with Gasteiger partial charge in [0.05, 0.1) is 5.60 Å². The molecule has 0 spiro atoms. The molecule has 0 aromatic heterocycles. The SMILES string of the molecule is CCC(C)(OC)C1CCC(C)C1. The maximum absolute atomic E-state index is 5.62. The fourth-order valence-electron chi connectivity index (χ4n) is 2.36. The summed E-state index contributed by atoms with van der Waals surface area (Å²) < 4.78 is 5.62. The van der Waals surface area contributed by atoms with Gasteiger partial charge in [-0.2, -0.15) is 0 Å². The van der Waals surface area contributed by atoms with Crippen LogP contribution in [-0.4, -0.2) is 12.7 Å². The molecule has 3 atom stereocenters. The Bertz CT molecular complexity index is 138. The van der Waals surface area contributed by atoms with Gasteiger partial charge < -0.3 is 4.74 Å². The molecule has 0 aromatic carbocycles. The van der Waals surface area contributed by atoms with E-state index in [-0.39, 0.29) is 5.60 Å². The van der Waals surface area contributed by atoms with Crippen LogP contribution in [0.4, 0.5) is 0 Å². The van der Waals surface area contributed by atoms with Crippen LogP contribution in [0.3, 0.4) is 0 Å². The highest BCUT2D eigenvalue weighted by molar-refractivity contribution is 4.87. The van der Waals surface area contributed by atoms with Crippen LogP contribution < -0.4 is 0 Å². The van der Waals surface area contributed by atoms with Crippen molar-refractivity contribution in [1.29, 1.82) is 0 Å².